The second-order valence-electron chi connectivity index (χ2n) is 2.40. The van der Waals surface area contributed by atoms with Gasteiger partial charge in [0.2, 0.25) is 5.24 Å². The van der Waals surface area contributed by atoms with Crippen LogP contribution in [0.1, 0.15) is 26.2 Å². The summed E-state index contributed by atoms with van der Waals surface area (Å²) in [6.45, 7) is 2.13. The number of halogens is 1. The van der Waals surface area contributed by atoms with E-state index in [-0.39, 0.29) is 11.2 Å². The molecule has 0 aliphatic carbocycles. The summed E-state index contributed by atoms with van der Waals surface area (Å²) in [5, 5.41) is -0.343. The smallest absolute Gasteiger partial charge is 0.330 e. The van der Waals surface area contributed by atoms with Gasteiger partial charge in [-0.05, 0) is 31.4 Å². The number of esters is 1. The molecule has 13 heavy (non-hydrogen) atoms. The zero-order valence-electron chi connectivity index (χ0n) is 7.59. The van der Waals surface area contributed by atoms with E-state index < -0.39 is 0 Å². The average molecular weight is 205 g/mol. The molecule has 0 atom stereocenters. The maximum absolute atomic E-state index is 10.7. The van der Waals surface area contributed by atoms with Crippen molar-refractivity contribution in [2.75, 3.05) is 6.61 Å². The van der Waals surface area contributed by atoms with Crippen LogP contribution >= 0.6 is 11.6 Å². The molecule has 0 aromatic rings. The van der Waals surface area contributed by atoms with Crippen LogP contribution in [0.5, 0.6) is 0 Å². The van der Waals surface area contributed by atoms with Gasteiger partial charge in [-0.2, -0.15) is 0 Å². The Morgan fingerprint density at radius 2 is 2.15 bits per heavy atom. The molecule has 0 rings (SSSR count). The number of allylic oxidation sites excluding steroid dienone is 1. The highest BCUT2D eigenvalue weighted by Crippen LogP contribution is 1.99. The topological polar surface area (TPSA) is 43.4 Å². The van der Waals surface area contributed by atoms with Gasteiger partial charge in [0.25, 0.3) is 0 Å². The summed E-state index contributed by atoms with van der Waals surface area (Å²) >= 11 is 5.11. The van der Waals surface area contributed by atoms with Crippen LogP contribution in [0.4, 0.5) is 0 Å². The first-order valence-electron chi connectivity index (χ1n) is 4.18. The molecule has 4 heteroatoms. The molecule has 0 saturated carbocycles. The lowest BCUT2D eigenvalue weighted by molar-refractivity contribution is -0.137. The zero-order valence-corrected chi connectivity index (χ0v) is 8.34. The van der Waals surface area contributed by atoms with Crippen molar-refractivity contribution in [2.24, 2.45) is 0 Å². The van der Waals surface area contributed by atoms with Gasteiger partial charge < -0.3 is 4.74 Å². The van der Waals surface area contributed by atoms with Gasteiger partial charge in [0, 0.05) is 12.5 Å². The molecule has 0 spiro atoms. The van der Waals surface area contributed by atoms with Crippen molar-refractivity contribution in [1.82, 2.24) is 0 Å². The molecule has 0 aliphatic rings. The number of carbonyl (C=O) groups is 2. The van der Waals surface area contributed by atoms with Gasteiger partial charge in [0.05, 0.1) is 6.61 Å². The first-order chi connectivity index (χ1) is 6.16. The lowest BCUT2D eigenvalue weighted by atomic mass is 10.2. The Hall–Kier alpha value is -0.830. The highest BCUT2D eigenvalue weighted by molar-refractivity contribution is 6.63. The molecule has 0 N–H and O–H groups in total. The summed E-state index contributed by atoms with van der Waals surface area (Å²) in [5.41, 5.74) is 0. The molecule has 0 aromatic heterocycles. The molecule has 0 unspecified atom stereocenters. The molecular formula is C9H13ClO3. The van der Waals surface area contributed by atoms with E-state index in [0.717, 1.165) is 0 Å². The van der Waals surface area contributed by atoms with E-state index in [1.54, 1.807) is 13.0 Å². The molecule has 0 heterocycles. The third-order valence-corrected chi connectivity index (χ3v) is 1.47. The lowest BCUT2D eigenvalue weighted by Crippen LogP contribution is -1.98. The summed E-state index contributed by atoms with van der Waals surface area (Å²) in [5.74, 6) is -0.347. The molecule has 0 saturated heterocycles. The SMILES string of the molecule is CCOC(=O)C=CCCCC(=O)Cl. The number of hydrogen-bond donors (Lipinski definition) is 0. The third-order valence-electron chi connectivity index (χ3n) is 1.28. The van der Waals surface area contributed by atoms with Crippen molar-refractivity contribution in [2.45, 2.75) is 26.2 Å². The van der Waals surface area contributed by atoms with Crippen LogP contribution in [0.3, 0.4) is 0 Å². The molecule has 0 bridgehead atoms. The van der Waals surface area contributed by atoms with E-state index >= 15 is 0 Å². The maximum atomic E-state index is 10.7. The van der Waals surface area contributed by atoms with Crippen LogP contribution in [0.2, 0.25) is 0 Å². The predicted molar refractivity (Wildman–Crippen MR) is 50.5 cm³/mol. The zero-order chi connectivity index (χ0) is 10.1. The number of rotatable bonds is 6. The fourth-order valence-corrected chi connectivity index (χ4v) is 0.862. The van der Waals surface area contributed by atoms with E-state index in [4.69, 9.17) is 11.6 Å². The second kappa shape index (κ2) is 7.80. The molecule has 0 amide bonds. The van der Waals surface area contributed by atoms with E-state index in [9.17, 15) is 9.59 Å². The maximum Gasteiger partial charge on any atom is 0.330 e. The van der Waals surface area contributed by atoms with Gasteiger partial charge in [-0.3, -0.25) is 4.79 Å². The van der Waals surface area contributed by atoms with Crippen LogP contribution in [0.25, 0.3) is 0 Å². The number of ether oxygens (including phenoxy) is 1. The Kier molecular flexibility index (Phi) is 7.30. The van der Waals surface area contributed by atoms with Crippen molar-refractivity contribution >= 4 is 22.8 Å². The normalized spacial score (nSPS) is 10.3. The molecule has 74 valence electrons. The minimum Gasteiger partial charge on any atom is -0.463 e. The molecular weight excluding hydrogens is 192 g/mol. The van der Waals surface area contributed by atoms with Crippen molar-refractivity contribution in [1.29, 1.82) is 0 Å². The number of unbranched alkanes of at least 4 members (excludes halogenated alkanes) is 1. The monoisotopic (exact) mass is 204 g/mol. The summed E-state index contributed by atoms with van der Waals surface area (Å²) in [4.78, 5) is 21.0. The Morgan fingerprint density at radius 3 is 2.69 bits per heavy atom. The van der Waals surface area contributed by atoms with E-state index in [1.807, 2.05) is 0 Å². The van der Waals surface area contributed by atoms with Crippen LogP contribution in [-0.2, 0) is 14.3 Å². The van der Waals surface area contributed by atoms with Gasteiger partial charge in [0.1, 0.15) is 0 Å². The van der Waals surface area contributed by atoms with Crippen LogP contribution in [0, 0.1) is 0 Å². The minimum atomic E-state index is -0.347. The Labute approximate surface area is 82.7 Å². The molecule has 0 aromatic carbocycles. The standard InChI is InChI=1S/C9H13ClO3/c1-2-13-9(12)7-5-3-4-6-8(10)11/h5,7H,2-4,6H2,1H3. The highest BCUT2D eigenvalue weighted by atomic mass is 35.5. The lowest BCUT2D eigenvalue weighted by Gasteiger charge is -1.94. The van der Waals surface area contributed by atoms with E-state index in [0.29, 0.717) is 25.9 Å². The van der Waals surface area contributed by atoms with Gasteiger partial charge in [-0.25, -0.2) is 4.79 Å². The average Bonchev–Trinajstić information content (AvgIpc) is 2.03. The van der Waals surface area contributed by atoms with Crippen molar-refractivity contribution < 1.29 is 14.3 Å². The van der Waals surface area contributed by atoms with Crippen LogP contribution in [0.15, 0.2) is 12.2 Å². The van der Waals surface area contributed by atoms with Gasteiger partial charge in [-0.1, -0.05) is 6.08 Å². The van der Waals surface area contributed by atoms with Crippen LogP contribution < -0.4 is 0 Å². The summed E-state index contributed by atoms with van der Waals surface area (Å²) in [7, 11) is 0. The first kappa shape index (κ1) is 12.2. The summed E-state index contributed by atoms with van der Waals surface area (Å²) < 4.78 is 4.65. The molecule has 0 aliphatic heterocycles. The van der Waals surface area contributed by atoms with Crippen molar-refractivity contribution in [3.63, 3.8) is 0 Å². The largest absolute Gasteiger partial charge is 0.463 e. The quantitative estimate of drug-likeness (QED) is 0.288. The fourth-order valence-electron chi connectivity index (χ4n) is 0.729. The summed E-state index contributed by atoms with van der Waals surface area (Å²) in [6.07, 6.45) is 4.71. The predicted octanol–water partition coefficient (Wildman–Crippen LogP) is 2.04. The van der Waals surface area contributed by atoms with Crippen molar-refractivity contribution in [3.8, 4) is 0 Å². The molecule has 3 nitrogen and oxygen atoms in total. The number of carbonyl (C=O) groups excluding carboxylic acids is 2. The fraction of sp³-hybridized carbons (Fsp3) is 0.556. The highest BCUT2D eigenvalue weighted by Gasteiger charge is 1.95. The molecule has 0 fully saturated rings. The Balaban J connectivity index is 3.40. The molecule has 0 radical (unpaired) electrons. The van der Waals surface area contributed by atoms with Crippen LogP contribution in [-0.4, -0.2) is 17.8 Å². The minimum absolute atomic E-state index is 0.342. The van der Waals surface area contributed by atoms with Gasteiger partial charge in [-0.15, -0.1) is 0 Å². The van der Waals surface area contributed by atoms with E-state index in [2.05, 4.69) is 4.74 Å². The third kappa shape index (κ3) is 9.08. The Bertz CT molecular complexity index is 199. The first-order valence-corrected chi connectivity index (χ1v) is 4.56. The number of hydrogen-bond acceptors (Lipinski definition) is 3. The van der Waals surface area contributed by atoms with Gasteiger partial charge >= 0.3 is 5.97 Å². The van der Waals surface area contributed by atoms with Crippen molar-refractivity contribution in [3.05, 3.63) is 12.2 Å². The van der Waals surface area contributed by atoms with Gasteiger partial charge in [0.15, 0.2) is 0 Å². The van der Waals surface area contributed by atoms with E-state index in [1.165, 1.54) is 6.08 Å². The second-order valence-corrected chi connectivity index (χ2v) is 2.82. The summed E-state index contributed by atoms with van der Waals surface area (Å²) in [6, 6.07) is 0. The Morgan fingerprint density at radius 1 is 1.46 bits per heavy atom.